The van der Waals surface area contributed by atoms with Crippen LogP contribution in [0.4, 0.5) is 5.13 Å². The van der Waals surface area contributed by atoms with Gasteiger partial charge in [0, 0.05) is 6.04 Å². The molecular formula is C11H18N4OS. The summed E-state index contributed by atoms with van der Waals surface area (Å²) in [7, 11) is 0. The Hall–Kier alpha value is -1.17. The van der Waals surface area contributed by atoms with E-state index < -0.39 is 0 Å². The molecule has 1 saturated carbocycles. The highest BCUT2D eigenvalue weighted by Crippen LogP contribution is 2.18. The third kappa shape index (κ3) is 3.66. The van der Waals surface area contributed by atoms with Crippen molar-refractivity contribution >= 4 is 22.4 Å². The van der Waals surface area contributed by atoms with E-state index in [9.17, 15) is 4.79 Å². The first-order chi connectivity index (χ1) is 8.25. The van der Waals surface area contributed by atoms with Gasteiger partial charge < -0.3 is 11.1 Å². The zero-order valence-corrected chi connectivity index (χ0v) is 10.6. The van der Waals surface area contributed by atoms with E-state index in [-0.39, 0.29) is 11.9 Å². The summed E-state index contributed by atoms with van der Waals surface area (Å²) >= 11 is 1.14. The quantitative estimate of drug-likeness (QED) is 0.845. The highest BCUT2D eigenvalue weighted by molar-refractivity contribution is 7.16. The molecule has 0 aromatic carbocycles. The number of carbonyl (C=O) groups excluding carboxylic acids is 1. The third-order valence-electron chi connectivity index (χ3n) is 3.08. The molecule has 2 rings (SSSR count). The first-order valence-electron chi connectivity index (χ1n) is 6.15. The van der Waals surface area contributed by atoms with Crippen LogP contribution in [-0.2, 0) is 0 Å². The Kier molecular flexibility index (Phi) is 4.30. The summed E-state index contributed by atoms with van der Waals surface area (Å²) in [5.74, 6) is -0.134. The normalized spacial score (nSPS) is 18.4. The summed E-state index contributed by atoms with van der Waals surface area (Å²) in [5.41, 5.74) is 5.46. The standard InChI is InChI=1S/C11H18N4OS/c12-11-15-14-10(17-11)9(16)13-8-6-4-2-1-3-5-7-8/h8H,1-7H2,(H2,12,15)(H,13,16). The van der Waals surface area contributed by atoms with Gasteiger partial charge in [0.25, 0.3) is 5.91 Å². The maximum absolute atomic E-state index is 11.9. The van der Waals surface area contributed by atoms with Crippen molar-refractivity contribution in [3.05, 3.63) is 5.01 Å². The maximum Gasteiger partial charge on any atom is 0.282 e. The summed E-state index contributed by atoms with van der Waals surface area (Å²) in [4.78, 5) is 11.9. The third-order valence-corrected chi connectivity index (χ3v) is 3.83. The van der Waals surface area contributed by atoms with Crippen LogP contribution in [-0.4, -0.2) is 22.1 Å². The van der Waals surface area contributed by atoms with Crippen molar-refractivity contribution < 1.29 is 4.79 Å². The molecule has 0 spiro atoms. The van der Waals surface area contributed by atoms with Gasteiger partial charge in [-0.3, -0.25) is 4.79 Å². The van der Waals surface area contributed by atoms with E-state index in [2.05, 4.69) is 15.5 Å². The number of amides is 1. The Bertz CT molecular complexity index is 371. The molecular weight excluding hydrogens is 236 g/mol. The minimum Gasteiger partial charge on any atom is -0.374 e. The monoisotopic (exact) mass is 254 g/mol. The first kappa shape index (κ1) is 12.3. The van der Waals surface area contributed by atoms with E-state index in [0.29, 0.717) is 10.1 Å². The molecule has 0 atom stereocenters. The Balaban J connectivity index is 1.88. The fourth-order valence-corrected chi connectivity index (χ4v) is 2.69. The molecule has 0 radical (unpaired) electrons. The van der Waals surface area contributed by atoms with Crippen molar-refractivity contribution in [2.24, 2.45) is 0 Å². The fourth-order valence-electron chi connectivity index (χ4n) is 2.17. The molecule has 17 heavy (non-hydrogen) atoms. The van der Waals surface area contributed by atoms with Crippen LogP contribution in [0.3, 0.4) is 0 Å². The molecule has 1 aromatic heterocycles. The molecule has 0 saturated heterocycles. The van der Waals surface area contributed by atoms with E-state index in [1.807, 2.05) is 0 Å². The van der Waals surface area contributed by atoms with Gasteiger partial charge >= 0.3 is 0 Å². The molecule has 1 aliphatic carbocycles. The highest BCUT2D eigenvalue weighted by atomic mass is 32.1. The summed E-state index contributed by atoms with van der Waals surface area (Å²) in [5, 5.41) is 11.1. The van der Waals surface area contributed by atoms with Crippen molar-refractivity contribution in [1.82, 2.24) is 15.5 Å². The Labute approximate surface area is 105 Å². The molecule has 94 valence electrons. The molecule has 6 heteroatoms. The van der Waals surface area contributed by atoms with Crippen molar-refractivity contribution in [2.75, 3.05) is 5.73 Å². The van der Waals surface area contributed by atoms with Crippen LogP contribution in [0.1, 0.15) is 54.7 Å². The molecule has 3 N–H and O–H groups in total. The van der Waals surface area contributed by atoms with Gasteiger partial charge in [-0.25, -0.2) is 0 Å². The number of nitrogens with zero attached hydrogens (tertiary/aromatic N) is 2. The smallest absolute Gasteiger partial charge is 0.282 e. The summed E-state index contributed by atoms with van der Waals surface area (Å²) in [6, 6.07) is 0.285. The van der Waals surface area contributed by atoms with Gasteiger partial charge in [-0.2, -0.15) is 0 Å². The van der Waals surface area contributed by atoms with Crippen LogP contribution in [0.5, 0.6) is 0 Å². The average Bonchev–Trinajstić information content (AvgIpc) is 2.68. The zero-order valence-electron chi connectivity index (χ0n) is 9.82. The molecule has 0 unspecified atom stereocenters. The largest absolute Gasteiger partial charge is 0.374 e. The SMILES string of the molecule is Nc1nnc(C(=O)NC2CCCCCCC2)s1. The molecule has 1 aromatic rings. The number of nitrogens with one attached hydrogen (secondary N) is 1. The molecule has 1 amide bonds. The van der Waals surface area contributed by atoms with Gasteiger partial charge in [0.1, 0.15) is 0 Å². The first-order valence-corrected chi connectivity index (χ1v) is 6.97. The predicted molar refractivity (Wildman–Crippen MR) is 67.9 cm³/mol. The highest BCUT2D eigenvalue weighted by Gasteiger charge is 2.17. The lowest BCUT2D eigenvalue weighted by Crippen LogP contribution is -2.35. The van der Waals surface area contributed by atoms with Crippen LogP contribution in [0, 0.1) is 0 Å². The number of nitrogens with two attached hydrogens (primary N) is 1. The maximum atomic E-state index is 11.9. The second-order valence-corrected chi connectivity index (χ2v) is 5.47. The molecule has 1 aliphatic rings. The minimum absolute atomic E-state index is 0.134. The van der Waals surface area contributed by atoms with Gasteiger partial charge in [0.2, 0.25) is 10.1 Å². The summed E-state index contributed by atoms with van der Waals surface area (Å²) < 4.78 is 0. The number of nitrogen functional groups attached to an aromatic ring is 1. The van der Waals surface area contributed by atoms with Gasteiger partial charge in [-0.15, -0.1) is 10.2 Å². The Morgan fingerprint density at radius 3 is 2.41 bits per heavy atom. The second-order valence-electron chi connectivity index (χ2n) is 4.46. The van der Waals surface area contributed by atoms with Crippen molar-refractivity contribution in [1.29, 1.82) is 0 Å². The molecule has 1 heterocycles. The molecule has 0 aliphatic heterocycles. The fraction of sp³-hybridized carbons (Fsp3) is 0.727. The summed E-state index contributed by atoms with van der Waals surface area (Å²) in [6.45, 7) is 0. The Morgan fingerprint density at radius 2 is 1.82 bits per heavy atom. The van der Waals surface area contributed by atoms with Crippen LogP contribution in [0.2, 0.25) is 0 Å². The lowest BCUT2D eigenvalue weighted by Gasteiger charge is -2.20. The lowest BCUT2D eigenvalue weighted by atomic mass is 9.97. The van der Waals surface area contributed by atoms with Gasteiger partial charge in [-0.1, -0.05) is 43.4 Å². The zero-order chi connectivity index (χ0) is 12.1. The number of carbonyl (C=O) groups is 1. The van der Waals surface area contributed by atoms with E-state index >= 15 is 0 Å². The van der Waals surface area contributed by atoms with E-state index in [1.54, 1.807) is 0 Å². The molecule has 1 fully saturated rings. The van der Waals surface area contributed by atoms with E-state index in [0.717, 1.165) is 24.2 Å². The van der Waals surface area contributed by atoms with Crippen molar-refractivity contribution in [3.63, 3.8) is 0 Å². The second kappa shape index (κ2) is 5.95. The van der Waals surface area contributed by atoms with Crippen LogP contribution >= 0.6 is 11.3 Å². The van der Waals surface area contributed by atoms with Gasteiger partial charge in [-0.05, 0) is 12.8 Å². The number of rotatable bonds is 2. The number of anilines is 1. The molecule has 0 bridgehead atoms. The van der Waals surface area contributed by atoms with Gasteiger partial charge in [0.15, 0.2) is 0 Å². The number of aromatic nitrogens is 2. The van der Waals surface area contributed by atoms with E-state index in [1.165, 1.54) is 32.1 Å². The van der Waals surface area contributed by atoms with E-state index in [4.69, 9.17) is 5.73 Å². The minimum atomic E-state index is -0.134. The number of hydrogen-bond donors (Lipinski definition) is 2. The average molecular weight is 254 g/mol. The lowest BCUT2D eigenvalue weighted by molar-refractivity contribution is 0.0929. The van der Waals surface area contributed by atoms with Crippen molar-refractivity contribution in [2.45, 2.75) is 51.0 Å². The topological polar surface area (TPSA) is 80.9 Å². The van der Waals surface area contributed by atoms with Crippen LogP contribution < -0.4 is 11.1 Å². The van der Waals surface area contributed by atoms with Crippen molar-refractivity contribution in [3.8, 4) is 0 Å². The van der Waals surface area contributed by atoms with Crippen LogP contribution in [0.15, 0.2) is 0 Å². The molecule has 5 nitrogen and oxygen atoms in total. The van der Waals surface area contributed by atoms with Gasteiger partial charge in [0.05, 0.1) is 0 Å². The predicted octanol–water partition coefficient (Wildman–Crippen LogP) is 1.96. The summed E-state index contributed by atoms with van der Waals surface area (Å²) in [6.07, 6.45) is 8.41. The number of hydrogen-bond acceptors (Lipinski definition) is 5. The van der Waals surface area contributed by atoms with Crippen LogP contribution in [0.25, 0.3) is 0 Å². The Morgan fingerprint density at radius 1 is 1.18 bits per heavy atom.